The van der Waals surface area contributed by atoms with Crippen LogP contribution < -0.4 is 9.64 Å². The second kappa shape index (κ2) is 8.67. The van der Waals surface area contributed by atoms with Gasteiger partial charge in [-0.2, -0.15) is 0 Å². The fourth-order valence-electron chi connectivity index (χ4n) is 4.11. The number of hydrogen-bond donors (Lipinski definition) is 0. The highest BCUT2D eigenvalue weighted by molar-refractivity contribution is 7.15. The molecule has 1 saturated heterocycles. The van der Waals surface area contributed by atoms with E-state index in [0.29, 0.717) is 6.42 Å². The summed E-state index contributed by atoms with van der Waals surface area (Å²) < 4.78 is 7.40. The third kappa shape index (κ3) is 4.08. The Morgan fingerprint density at radius 1 is 1.09 bits per heavy atom. The number of anilines is 1. The molecule has 4 aromatic rings. The number of aryl methyl sites for hydroxylation is 1. The van der Waals surface area contributed by atoms with Crippen molar-refractivity contribution in [2.24, 2.45) is 0 Å². The number of rotatable bonds is 5. The number of thiazole rings is 1. The summed E-state index contributed by atoms with van der Waals surface area (Å²) >= 11 is 1.58. The predicted molar refractivity (Wildman–Crippen MR) is 129 cm³/mol. The summed E-state index contributed by atoms with van der Waals surface area (Å²) in [5, 5.41) is 2.05. The third-order valence-electron chi connectivity index (χ3n) is 6.01. The molecular weight excluding hydrogens is 420 g/mol. The van der Waals surface area contributed by atoms with Crippen molar-refractivity contribution in [3.63, 3.8) is 0 Å². The molecule has 2 aromatic heterocycles. The summed E-state index contributed by atoms with van der Waals surface area (Å²) in [7, 11) is 1.68. The van der Waals surface area contributed by atoms with Gasteiger partial charge >= 0.3 is 0 Å². The van der Waals surface area contributed by atoms with Crippen molar-refractivity contribution in [3.8, 4) is 17.0 Å². The van der Waals surface area contributed by atoms with E-state index in [0.717, 1.165) is 59.5 Å². The highest BCUT2D eigenvalue weighted by atomic mass is 32.1. The standard InChI is InChI=1S/C25H26N4O2S/c1-18-6-8-19(9-7-18)23-16-29-21(17-32-25(29)26-23)15-24(30)28-12-10-27(11-13-28)20-4-3-5-22(14-20)31-2/h3-9,14,16-17H,10-13,15H2,1-2H3. The highest BCUT2D eigenvalue weighted by Crippen LogP contribution is 2.25. The number of amides is 1. The number of piperazine rings is 1. The van der Waals surface area contributed by atoms with E-state index in [1.807, 2.05) is 34.7 Å². The average molecular weight is 447 g/mol. The van der Waals surface area contributed by atoms with Crippen LogP contribution in [0.3, 0.4) is 0 Å². The monoisotopic (exact) mass is 446 g/mol. The number of hydrogen-bond acceptors (Lipinski definition) is 5. The number of ether oxygens (including phenoxy) is 1. The fraction of sp³-hybridized carbons (Fsp3) is 0.280. The van der Waals surface area contributed by atoms with Crippen LogP contribution in [0, 0.1) is 6.92 Å². The van der Waals surface area contributed by atoms with Gasteiger partial charge in [-0.25, -0.2) is 4.98 Å². The van der Waals surface area contributed by atoms with Crippen LogP contribution in [0.25, 0.3) is 16.2 Å². The molecule has 2 aromatic carbocycles. The molecule has 164 valence electrons. The Labute approximate surface area is 191 Å². The van der Waals surface area contributed by atoms with Gasteiger partial charge in [0, 0.05) is 60.8 Å². The van der Waals surface area contributed by atoms with E-state index in [9.17, 15) is 4.79 Å². The molecule has 1 aliphatic rings. The van der Waals surface area contributed by atoms with Crippen LogP contribution >= 0.6 is 11.3 Å². The molecule has 0 radical (unpaired) electrons. The van der Waals surface area contributed by atoms with Gasteiger partial charge in [0.05, 0.1) is 19.2 Å². The lowest BCUT2D eigenvalue weighted by Gasteiger charge is -2.36. The van der Waals surface area contributed by atoms with E-state index in [-0.39, 0.29) is 5.91 Å². The van der Waals surface area contributed by atoms with E-state index < -0.39 is 0 Å². The number of benzene rings is 2. The maximum Gasteiger partial charge on any atom is 0.228 e. The summed E-state index contributed by atoms with van der Waals surface area (Å²) in [6, 6.07) is 16.5. The van der Waals surface area contributed by atoms with Crippen molar-refractivity contribution >= 4 is 27.9 Å². The van der Waals surface area contributed by atoms with Crippen molar-refractivity contribution in [1.82, 2.24) is 14.3 Å². The number of imidazole rings is 1. The van der Waals surface area contributed by atoms with Gasteiger partial charge in [0.15, 0.2) is 4.96 Å². The quantitative estimate of drug-likeness (QED) is 0.459. The number of aromatic nitrogens is 2. The summed E-state index contributed by atoms with van der Waals surface area (Å²) in [5.74, 6) is 1.02. The molecule has 0 spiro atoms. The molecule has 0 N–H and O–H groups in total. The van der Waals surface area contributed by atoms with Crippen LogP contribution in [0.2, 0.25) is 0 Å². The highest BCUT2D eigenvalue weighted by Gasteiger charge is 2.23. The van der Waals surface area contributed by atoms with Crippen LogP contribution in [0.1, 0.15) is 11.3 Å². The van der Waals surface area contributed by atoms with Gasteiger partial charge in [-0.1, -0.05) is 35.9 Å². The maximum absolute atomic E-state index is 13.0. The maximum atomic E-state index is 13.0. The SMILES string of the molecule is COc1cccc(N2CCN(C(=O)Cc3csc4nc(-c5ccc(C)cc5)cn34)CC2)c1. The van der Waals surface area contributed by atoms with E-state index in [1.54, 1.807) is 18.4 Å². The molecule has 3 heterocycles. The second-order valence-electron chi connectivity index (χ2n) is 8.12. The molecule has 32 heavy (non-hydrogen) atoms. The Kier molecular flexibility index (Phi) is 5.57. The zero-order chi connectivity index (χ0) is 22.1. The zero-order valence-electron chi connectivity index (χ0n) is 18.3. The van der Waals surface area contributed by atoms with Crippen LogP contribution in [0.15, 0.2) is 60.1 Å². The molecule has 0 saturated carbocycles. The van der Waals surface area contributed by atoms with Crippen molar-refractivity contribution in [1.29, 1.82) is 0 Å². The summed E-state index contributed by atoms with van der Waals surface area (Å²) in [4.78, 5) is 23.0. The van der Waals surface area contributed by atoms with Gasteiger partial charge < -0.3 is 14.5 Å². The first-order valence-electron chi connectivity index (χ1n) is 10.8. The Balaban J connectivity index is 1.25. The van der Waals surface area contributed by atoms with E-state index in [4.69, 9.17) is 9.72 Å². The molecule has 6 nitrogen and oxygen atoms in total. The lowest BCUT2D eigenvalue weighted by molar-refractivity contribution is -0.130. The fourth-order valence-corrected chi connectivity index (χ4v) is 4.98. The molecule has 7 heteroatoms. The van der Waals surface area contributed by atoms with Crippen molar-refractivity contribution < 1.29 is 9.53 Å². The Morgan fingerprint density at radius 2 is 1.88 bits per heavy atom. The number of carbonyl (C=O) groups excluding carboxylic acids is 1. The Bertz CT molecular complexity index is 1240. The second-order valence-corrected chi connectivity index (χ2v) is 8.95. The topological polar surface area (TPSA) is 50.1 Å². The Morgan fingerprint density at radius 3 is 2.62 bits per heavy atom. The third-order valence-corrected chi connectivity index (χ3v) is 6.90. The van der Waals surface area contributed by atoms with Gasteiger partial charge in [0.2, 0.25) is 5.91 Å². The smallest absolute Gasteiger partial charge is 0.228 e. The first-order chi connectivity index (χ1) is 15.6. The summed E-state index contributed by atoms with van der Waals surface area (Å²) in [6.45, 7) is 5.17. The molecular formula is C25H26N4O2S. The van der Waals surface area contributed by atoms with Gasteiger partial charge in [-0.15, -0.1) is 11.3 Å². The first-order valence-corrected chi connectivity index (χ1v) is 11.7. The van der Waals surface area contributed by atoms with Crippen molar-refractivity contribution in [3.05, 3.63) is 71.4 Å². The molecule has 0 atom stereocenters. The molecule has 0 unspecified atom stereocenters. The first kappa shape index (κ1) is 20.6. The summed E-state index contributed by atoms with van der Waals surface area (Å²) in [5.41, 5.74) is 5.40. The molecule has 0 bridgehead atoms. The van der Waals surface area contributed by atoms with Crippen molar-refractivity contribution in [2.75, 3.05) is 38.2 Å². The van der Waals surface area contributed by atoms with Gasteiger partial charge in [0.1, 0.15) is 5.75 Å². The summed E-state index contributed by atoms with van der Waals surface area (Å²) in [6.07, 6.45) is 2.43. The molecule has 5 rings (SSSR count). The van der Waals surface area contributed by atoms with E-state index >= 15 is 0 Å². The van der Waals surface area contributed by atoms with Gasteiger partial charge in [0.25, 0.3) is 0 Å². The lowest BCUT2D eigenvalue weighted by atomic mass is 10.1. The molecule has 1 amide bonds. The number of nitrogens with zero attached hydrogens (tertiary/aromatic N) is 4. The number of methoxy groups -OCH3 is 1. The average Bonchev–Trinajstić information content (AvgIpc) is 3.41. The van der Waals surface area contributed by atoms with E-state index in [1.165, 1.54) is 5.56 Å². The van der Waals surface area contributed by atoms with Crippen LogP contribution in [-0.2, 0) is 11.2 Å². The van der Waals surface area contributed by atoms with E-state index in [2.05, 4.69) is 46.6 Å². The molecule has 1 fully saturated rings. The minimum Gasteiger partial charge on any atom is -0.497 e. The normalized spacial score (nSPS) is 14.2. The number of carbonyl (C=O) groups is 1. The minimum atomic E-state index is 0.167. The van der Waals surface area contributed by atoms with Crippen LogP contribution in [0.4, 0.5) is 5.69 Å². The predicted octanol–water partition coefficient (Wildman–Crippen LogP) is 4.27. The van der Waals surface area contributed by atoms with Crippen LogP contribution in [0.5, 0.6) is 5.75 Å². The largest absolute Gasteiger partial charge is 0.497 e. The molecule has 1 aliphatic heterocycles. The Hall–Kier alpha value is -3.32. The van der Waals surface area contributed by atoms with Crippen molar-refractivity contribution in [2.45, 2.75) is 13.3 Å². The molecule has 0 aliphatic carbocycles. The zero-order valence-corrected chi connectivity index (χ0v) is 19.1. The number of fused-ring (bicyclic) bond motifs is 1. The lowest BCUT2D eigenvalue weighted by Crippen LogP contribution is -2.49. The van der Waals surface area contributed by atoms with Gasteiger partial charge in [-0.3, -0.25) is 9.20 Å². The van der Waals surface area contributed by atoms with Crippen LogP contribution in [-0.4, -0.2) is 53.5 Å². The minimum absolute atomic E-state index is 0.167. The van der Waals surface area contributed by atoms with Gasteiger partial charge in [-0.05, 0) is 19.1 Å².